The Kier molecular flexibility index (Phi) is 5.05. The van der Waals surface area contributed by atoms with E-state index < -0.39 is 6.04 Å². The number of anilines is 1. The second-order valence-electron chi connectivity index (χ2n) is 4.71. The normalized spacial score (nSPS) is 11.5. The second-order valence-corrected chi connectivity index (χ2v) is 4.71. The Balaban J connectivity index is 2.81. The molecule has 0 aliphatic rings. The van der Waals surface area contributed by atoms with Gasteiger partial charge < -0.3 is 11.1 Å². The summed E-state index contributed by atoms with van der Waals surface area (Å²) in [6.07, 6.45) is 0.590. The number of amides is 1. The Morgan fingerprint density at radius 3 is 2.47 bits per heavy atom. The van der Waals surface area contributed by atoms with Gasteiger partial charge in [-0.3, -0.25) is 4.79 Å². The van der Waals surface area contributed by atoms with Gasteiger partial charge in [-0.25, -0.2) is 0 Å². The van der Waals surface area contributed by atoms with Gasteiger partial charge in [0, 0.05) is 5.69 Å². The van der Waals surface area contributed by atoms with Crippen LogP contribution in [0.5, 0.6) is 0 Å². The van der Waals surface area contributed by atoms with Crippen molar-refractivity contribution in [2.24, 2.45) is 11.7 Å². The number of nitrogens with one attached hydrogen (secondary N) is 1. The minimum Gasteiger partial charge on any atom is -0.325 e. The van der Waals surface area contributed by atoms with Gasteiger partial charge in [0.2, 0.25) is 5.91 Å². The van der Waals surface area contributed by atoms with Crippen LogP contribution in [0.1, 0.15) is 31.4 Å². The topological polar surface area (TPSA) is 103 Å². The van der Waals surface area contributed by atoms with Crippen LogP contribution in [-0.2, 0) is 4.79 Å². The molecule has 0 aliphatic heterocycles. The van der Waals surface area contributed by atoms with Gasteiger partial charge in [-0.1, -0.05) is 13.8 Å². The van der Waals surface area contributed by atoms with E-state index in [2.05, 4.69) is 5.32 Å². The summed E-state index contributed by atoms with van der Waals surface area (Å²) in [5.41, 5.74) is 6.75. The van der Waals surface area contributed by atoms with Crippen LogP contribution in [0.15, 0.2) is 18.2 Å². The SMILES string of the molecule is CC(C)C[C@H](N)C(=O)Nc1ccc(C#N)c(C#N)c1. The summed E-state index contributed by atoms with van der Waals surface area (Å²) in [5, 5.41) is 20.3. The molecule has 5 heteroatoms. The molecule has 1 atom stereocenters. The van der Waals surface area contributed by atoms with Crippen LogP contribution in [-0.4, -0.2) is 11.9 Å². The molecule has 0 radical (unpaired) electrons. The van der Waals surface area contributed by atoms with Gasteiger partial charge in [-0.15, -0.1) is 0 Å². The van der Waals surface area contributed by atoms with Crippen molar-refractivity contribution in [3.05, 3.63) is 29.3 Å². The van der Waals surface area contributed by atoms with Gasteiger partial charge >= 0.3 is 0 Å². The van der Waals surface area contributed by atoms with Crippen LogP contribution in [0.4, 0.5) is 5.69 Å². The van der Waals surface area contributed by atoms with E-state index in [1.165, 1.54) is 12.1 Å². The number of hydrogen-bond acceptors (Lipinski definition) is 4. The van der Waals surface area contributed by atoms with E-state index in [9.17, 15) is 4.79 Å². The summed E-state index contributed by atoms with van der Waals surface area (Å²) in [5.74, 6) is 0.0404. The van der Waals surface area contributed by atoms with E-state index in [-0.39, 0.29) is 17.0 Å². The molecule has 0 fully saturated rings. The van der Waals surface area contributed by atoms with E-state index in [0.717, 1.165) is 0 Å². The fourth-order valence-electron chi connectivity index (χ4n) is 1.66. The fraction of sp³-hybridized carbons (Fsp3) is 0.357. The van der Waals surface area contributed by atoms with Crippen LogP contribution < -0.4 is 11.1 Å². The highest BCUT2D eigenvalue weighted by molar-refractivity contribution is 5.94. The average molecular weight is 256 g/mol. The average Bonchev–Trinajstić information content (AvgIpc) is 2.37. The first kappa shape index (κ1) is 14.7. The first-order valence-corrected chi connectivity index (χ1v) is 5.98. The lowest BCUT2D eigenvalue weighted by molar-refractivity contribution is -0.117. The number of nitrogens with two attached hydrogens (primary N) is 1. The molecule has 1 aromatic rings. The largest absolute Gasteiger partial charge is 0.325 e. The summed E-state index contributed by atoms with van der Waals surface area (Å²) in [4.78, 5) is 11.8. The Morgan fingerprint density at radius 1 is 1.32 bits per heavy atom. The molecule has 1 amide bonds. The predicted molar refractivity (Wildman–Crippen MR) is 71.9 cm³/mol. The highest BCUT2D eigenvalue weighted by Gasteiger charge is 2.15. The minimum absolute atomic E-state index is 0.234. The number of benzene rings is 1. The molecule has 1 aromatic carbocycles. The third-order valence-electron chi connectivity index (χ3n) is 2.59. The molecule has 0 saturated heterocycles. The Morgan fingerprint density at radius 2 is 1.95 bits per heavy atom. The summed E-state index contributed by atoms with van der Waals surface area (Å²) >= 11 is 0. The van der Waals surface area contributed by atoms with Gasteiger partial charge in [0.15, 0.2) is 0 Å². The van der Waals surface area contributed by atoms with Crippen molar-refractivity contribution in [2.75, 3.05) is 5.32 Å². The zero-order valence-electron chi connectivity index (χ0n) is 11.0. The van der Waals surface area contributed by atoms with E-state index in [1.54, 1.807) is 6.07 Å². The van der Waals surface area contributed by atoms with Gasteiger partial charge in [0.1, 0.15) is 12.1 Å². The molecule has 1 rings (SSSR count). The lowest BCUT2D eigenvalue weighted by atomic mass is 10.0. The second kappa shape index (κ2) is 6.53. The number of nitrogens with zero attached hydrogens (tertiary/aromatic N) is 2. The molecule has 0 bridgehead atoms. The molecule has 19 heavy (non-hydrogen) atoms. The quantitative estimate of drug-likeness (QED) is 0.856. The molecule has 0 heterocycles. The van der Waals surface area contributed by atoms with Crippen LogP contribution >= 0.6 is 0 Å². The van der Waals surface area contributed by atoms with Crippen LogP contribution in [0.2, 0.25) is 0 Å². The van der Waals surface area contributed by atoms with Crippen molar-refractivity contribution in [1.82, 2.24) is 0 Å². The molecule has 0 unspecified atom stereocenters. The molecule has 0 spiro atoms. The summed E-state index contributed by atoms with van der Waals surface area (Å²) in [6, 6.07) is 7.81. The lowest BCUT2D eigenvalue weighted by Gasteiger charge is -2.14. The van der Waals surface area contributed by atoms with E-state index >= 15 is 0 Å². The highest BCUT2D eigenvalue weighted by Crippen LogP contribution is 2.15. The molecular weight excluding hydrogens is 240 g/mol. The third-order valence-corrected chi connectivity index (χ3v) is 2.59. The van der Waals surface area contributed by atoms with Crippen LogP contribution in [0.25, 0.3) is 0 Å². The molecule has 0 aromatic heterocycles. The smallest absolute Gasteiger partial charge is 0.241 e. The lowest BCUT2D eigenvalue weighted by Crippen LogP contribution is -2.36. The number of carbonyl (C=O) groups excluding carboxylic acids is 1. The molecule has 3 N–H and O–H groups in total. The van der Waals surface area contributed by atoms with Crippen molar-refractivity contribution in [3.63, 3.8) is 0 Å². The standard InChI is InChI=1S/C14H16N4O/c1-9(2)5-13(17)14(19)18-12-4-3-10(7-15)11(6-12)8-16/h3-4,6,9,13H,5,17H2,1-2H3,(H,18,19)/t13-/m0/s1. The number of nitriles is 2. The van der Waals surface area contributed by atoms with Crippen LogP contribution in [0, 0.1) is 28.6 Å². The molecule has 98 valence electrons. The van der Waals surface area contributed by atoms with Crippen molar-refractivity contribution in [2.45, 2.75) is 26.3 Å². The number of rotatable bonds is 4. The van der Waals surface area contributed by atoms with Gasteiger partial charge in [-0.2, -0.15) is 10.5 Å². The monoisotopic (exact) mass is 256 g/mol. The maximum atomic E-state index is 11.8. The first-order valence-electron chi connectivity index (χ1n) is 5.98. The molecule has 0 saturated carbocycles. The summed E-state index contributed by atoms with van der Waals surface area (Å²) in [6.45, 7) is 3.98. The first-order chi connectivity index (χ1) is 8.97. The predicted octanol–water partition coefficient (Wildman–Crippen LogP) is 1.74. The minimum atomic E-state index is -0.582. The maximum absolute atomic E-state index is 11.8. The number of hydrogen-bond donors (Lipinski definition) is 2. The van der Waals surface area contributed by atoms with Gasteiger partial charge in [0.25, 0.3) is 0 Å². The van der Waals surface area contributed by atoms with Crippen LogP contribution in [0.3, 0.4) is 0 Å². The van der Waals surface area contributed by atoms with Gasteiger partial charge in [0.05, 0.1) is 17.2 Å². The Bertz CT molecular complexity index is 552. The maximum Gasteiger partial charge on any atom is 0.241 e. The summed E-state index contributed by atoms with van der Waals surface area (Å²) < 4.78 is 0. The van der Waals surface area contributed by atoms with Gasteiger partial charge in [-0.05, 0) is 30.5 Å². The Hall–Kier alpha value is -2.37. The zero-order chi connectivity index (χ0) is 14.4. The molecular formula is C14H16N4O. The Labute approximate surface area is 112 Å². The fourth-order valence-corrected chi connectivity index (χ4v) is 1.66. The van der Waals surface area contributed by atoms with E-state index in [4.69, 9.17) is 16.3 Å². The van der Waals surface area contributed by atoms with Crippen molar-refractivity contribution in [3.8, 4) is 12.1 Å². The number of carbonyl (C=O) groups is 1. The van der Waals surface area contributed by atoms with Crippen molar-refractivity contribution >= 4 is 11.6 Å². The van der Waals surface area contributed by atoms with Crippen molar-refractivity contribution in [1.29, 1.82) is 10.5 Å². The third kappa shape index (κ3) is 4.09. The van der Waals surface area contributed by atoms with Crippen molar-refractivity contribution < 1.29 is 4.79 Å². The summed E-state index contributed by atoms with van der Waals surface area (Å²) in [7, 11) is 0. The highest BCUT2D eigenvalue weighted by atomic mass is 16.2. The molecule has 0 aliphatic carbocycles. The molecule has 5 nitrogen and oxygen atoms in total. The van der Waals surface area contributed by atoms with E-state index in [1.807, 2.05) is 26.0 Å². The zero-order valence-corrected chi connectivity index (χ0v) is 11.0. The van der Waals surface area contributed by atoms with E-state index in [0.29, 0.717) is 18.0 Å².